The molecule has 0 bridgehead atoms. The van der Waals surface area contributed by atoms with Gasteiger partial charge in [-0.15, -0.1) is 0 Å². The third-order valence-corrected chi connectivity index (χ3v) is 4.78. The molecule has 0 saturated heterocycles. The zero-order valence-electron chi connectivity index (χ0n) is 15.0. The third-order valence-electron chi connectivity index (χ3n) is 3.76. The minimum atomic E-state index is -0.621. The van der Waals surface area contributed by atoms with Crippen LogP contribution in [-0.2, 0) is 9.53 Å². The summed E-state index contributed by atoms with van der Waals surface area (Å²) in [5.41, 5.74) is 1.64. The molecule has 1 aliphatic heterocycles. The number of aliphatic imine (C=N–C) groups is 1. The van der Waals surface area contributed by atoms with Crippen LogP contribution in [0.15, 0.2) is 75.8 Å². The molecule has 3 rings (SSSR count). The third kappa shape index (κ3) is 4.41. The van der Waals surface area contributed by atoms with Gasteiger partial charge in [-0.2, -0.15) is 0 Å². The molecule has 0 aromatic heterocycles. The molecule has 2 aromatic carbocycles. The molecule has 0 radical (unpaired) electrons. The van der Waals surface area contributed by atoms with Crippen molar-refractivity contribution in [2.75, 3.05) is 13.7 Å². The number of rotatable bonds is 5. The van der Waals surface area contributed by atoms with E-state index in [1.807, 2.05) is 61.5 Å². The van der Waals surface area contributed by atoms with Crippen molar-refractivity contribution in [1.29, 1.82) is 0 Å². The Hall–Kier alpha value is -2.99. The molecule has 0 fully saturated rings. The van der Waals surface area contributed by atoms with E-state index in [4.69, 9.17) is 9.47 Å². The molecular weight excluding hydrogens is 362 g/mol. The number of esters is 1. The summed E-state index contributed by atoms with van der Waals surface area (Å²) in [4.78, 5) is 17.2. The lowest BCUT2D eigenvalue weighted by molar-refractivity contribution is -0.135. The van der Waals surface area contributed by atoms with Crippen LogP contribution in [0, 0.1) is 0 Å². The maximum Gasteiger partial charge on any atom is 0.344 e. The topological polar surface area (TPSA) is 68.1 Å². The molecule has 0 saturated carbocycles. The Morgan fingerprint density at radius 2 is 1.85 bits per heavy atom. The molecule has 5 nitrogen and oxygen atoms in total. The highest BCUT2D eigenvalue weighted by atomic mass is 32.2. The second-order valence-electron chi connectivity index (χ2n) is 5.58. The number of nitrogens with zero attached hydrogens (tertiary/aromatic N) is 1. The number of ether oxygens (including phenoxy) is 2. The van der Waals surface area contributed by atoms with Gasteiger partial charge in [0, 0.05) is 0 Å². The van der Waals surface area contributed by atoms with Gasteiger partial charge in [0.05, 0.1) is 24.3 Å². The van der Waals surface area contributed by atoms with Crippen molar-refractivity contribution in [3.05, 3.63) is 76.4 Å². The molecule has 0 aliphatic carbocycles. The van der Waals surface area contributed by atoms with E-state index in [-0.39, 0.29) is 11.3 Å². The molecule has 1 aliphatic rings. The fourth-order valence-corrected chi connectivity index (χ4v) is 3.52. The number of carbonyl (C=O) groups excluding carboxylic acids is 1. The van der Waals surface area contributed by atoms with Crippen molar-refractivity contribution in [2.45, 2.75) is 6.92 Å². The SMILES string of the molecule is CCOc1ccc(C=C2SC(=Nc3ccccc3)C(C(=O)OC)=C2O)cc1. The summed E-state index contributed by atoms with van der Waals surface area (Å²) in [5.74, 6) is 0.0280. The Morgan fingerprint density at radius 1 is 1.15 bits per heavy atom. The van der Waals surface area contributed by atoms with Gasteiger partial charge < -0.3 is 14.6 Å². The number of hydrogen-bond donors (Lipinski definition) is 1. The first-order valence-electron chi connectivity index (χ1n) is 8.40. The van der Waals surface area contributed by atoms with Crippen molar-refractivity contribution in [3.8, 4) is 5.75 Å². The van der Waals surface area contributed by atoms with E-state index in [0.717, 1.165) is 11.3 Å². The molecular formula is C21H19NO4S. The predicted octanol–water partition coefficient (Wildman–Crippen LogP) is 4.89. The van der Waals surface area contributed by atoms with E-state index >= 15 is 0 Å². The van der Waals surface area contributed by atoms with Crippen molar-refractivity contribution in [2.24, 2.45) is 4.99 Å². The zero-order valence-corrected chi connectivity index (χ0v) is 15.8. The number of aliphatic hydroxyl groups excluding tert-OH is 1. The fourth-order valence-electron chi connectivity index (χ4n) is 2.49. The highest BCUT2D eigenvalue weighted by Gasteiger charge is 2.32. The first kappa shape index (κ1) is 18.8. The molecule has 0 unspecified atom stereocenters. The molecule has 6 heteroatoms. The highest BCUT2D eigenvalue weighted by molar-refractivity contribution is 8.18. The number of para-hydroxylation sites is 1. The molecule has 0 spiro atoms. The maximum atomic E-state index is 12.2. The second-order valence-corrected chi connectivity index (χ2v) is 6.61. The van der Waals surface area contributed by atoms with Gasteiger partial charge in [0.15, 0.2) is 0 Å². The summed E-state index contributed by atoms with van der Waals surface area (Å²) in [7, 11) is 1.28. The van der Waals surface area contributed by atoms with Gasteiger partial charge in [-0.25, -0.2) is 9.79 Å². The van der Waals surface area contributed by atoms with Crippen LogP contribution in [0.5, 0.6) is 5.75 Å². The minimum Gasteiger partial charge on any atom is -0.506 e. The standard InChI is InChI=1S/C21H19NO4S/c1-3-26-16-11-9-14(10-12-16)13-17-19(23)18(21(24)25-2)20(27-17)22-15-7-5-4-6-8-15/h4-13,23H,3H2,1-2H3. The lowest BCUT2D eigenvalue weighted by Crippen LogP contribution is -2.10. The molecule has 138 valence electrons. The van der Waals surface area contributed by atoms with E-state index in [1.54, 1.807) is 6.08 Å². The molecule has 27 heavy (non-hydrogen) atoms. The van der Waals surface area contributed by atoms with Crippen LogP contribution in [0.2, 0.25) is 0 Å². The lowest BCUT2D eigenvalue weighted by atomic mass is 10.1. The summed E-state index contributed by atoms with van der Waals surface area (Å²) in [6, 6.07) is 16.7. The second kappa shape index (κ2) is 8.60. The number of benzene rings is 2. The smallest absolute Gasteiger partial charge is 0.344 e. The first-order valence-corrected chi connectivity index (χ1v) is 9.22. The normalized spacial score (nSPS) is 16.8. The van der Waals surface area contributed by atoms with Gasteiger partial charge in [-0.1, -0.05) is 42.1 Å². The van der Waals surface area contributed by atoms with Gasteiger partial charge >= 0.3 is 5.97 Å². The Kier molecular flexibility index (Phi) is 5.98. The predicted molar refractivity (Wildman–Crippen MR) is 108 cm³/mol. The number of thioether (sulfide) groups is 1. The number of methoxy groups -OCH3 is 1. The lowest BCUT2D eigenvalue weighted by Gasteiger charge is -2.03. The highest BCUT2D eigenvalue weighted by Crippen LogP contribution is 2.40. The molecule has 1 N–H and O–H groups in total. The van der Waals surface area contributed by atoms with E-state index in [9.17, 15) is 9.90 Å². The van der Waals surface area contributed by atoms with Gasteiger partial charge in [0.25, 0.3) is 0 Å². The van der Waals surface area contributed by atoms with Crippen LogP contribution in [-0.4, -0.2) is 29.8 Å². The van der Waals surface area contributed by atoms with Crippen LogP contribution in [0.4, 0.5) is 5.69 Å². The van der Waals surface area contributed by atoms with E-state index in [1.165, 1.54) is 18.9 Å². The molecule has 2 aromatic rings. The molecule has 1 heterocycles. The van der Waals surface area contributed by atoms with Crippen molar-refractivity contribution < 1.29 is 19.4 Å². The summed E-state index contributed by atoms with van der Waals surface area (Å²) >= 11 is 1.23. The van der Waals surface area contributed by atoms with Crippen LogP contribution < -0.4 is 4.74 Å². The van der Waals surface area contributed by atoms with Gasteiger partial charge in [0.2, 0.25) is 0 Å². The summed E-state index contributed by atoms with van der Waals surface area (Å²) in [5, 5.41) is 11.0. The molecule has 0 atom stereocenters. The first-order chi connectivity index (χ1) is 13.1. The Balaban J connectivity index is 1.96. The van der Waals surface area contributed by atoms with E-state index < -0.39 is 5.97 Å². The van der Waals surface area contributed by atoms with Crippen molar-refractivity contribution in [3.63, 3.8) is 0 Å². The average molecular weight is 381 g/mol. The summed E-state index contributed by atoms with van der Waals surface area (Å²) < 4.78 is 10.3. The number of hydrogen-bond acceptors (Lipinski definition) is 6. The van der Waals surface area contributed by atoms with Gasteiger partial charge in [-0.3, -0.25) is 0 Å². The van der Waals surface area contributed by atoms with Gasteiger partial charge in [0.1, 0.15) is 22.1 Å². The summed E-state index contributed by atoms with van der Waals surface area (Å²) in [6.07, 6.45) is 1.80. The van der Waals surface area contributed by atoms with Crippen LogP contribution in [0.1, 0.15) is 12.5 Å². The number of aliphatic hydroxyl groups is 1. The molecule has 0 amide bonds. The van der Waals surface area contributed by atoms with Crippen molar-refractivity contribution >= 4 is 34.5 Å². The largest absolute Gasteiger partial charge is 0.506 e. The minimum absolute atomic E-state index is 0.0727. The average Bonchev–Trinajstić information content (AvgIpc) is 2.98. The van der Waals surface area contributed by atoms with E-state index in [2.05, 4.69) is 4.99 Å². The fraction of sp³-hybridized carbons (Fsp3) is 0.143. The number of carbonyl (C=O) groups is 1. The van der Waals surface area contributed by atoms with Gasteiger partial charge in [-0.05, 0) is 42.8 Å². The van der Waals surface area contributed by atoms with Crippen LogP contribution >= 0.6 is 11.8 Å². The van der Waals surface area contributed by atoms with Crippen LogP contribution in [0.3, 0.4) is 0 Å². The monoisotopic (exact) mass is 381 g/mol. The van der Waals surface area contributed by atoms with E-state index in [0.29, 0.717) is 22.2 Å². The Labute approximate surface area is 162 Å². The van der Waals surface area contributed by atoms with Crippen LogP contribution in [0.25, 0.3) is 6.08 Å². The van der Waals surface area contributed by atoms with Crippen molar-refractivity contribution in [1.82, 2.24) is 0 Å². The zero-order chi connectivity index (χ0) is 19.2. The quantitative estimate of drug-likeness (QED) is 0.747. The summed E-state index contributed by atoms with van der Waals surface area (Å²) in [6.45, 7) is 2.53. The maximum absolute atomic E-state index is 12.2. The Bertz CT molecular complexity index is 915. The Morgan fingerprint density at radius 3 is 2.48 bits per heavy atom.